The van der Waals surface area contributed by atoms with Crippen molar-refractivity contribution in [1.29, 1.82) is 0 Å². The van der Waals surface area contributed by atoms with Crippen LogP contribution < -0.4 is 0 Å². The van der Waals surface area contributed by atoms with Crippen LogP contribution in [0.5, 0.6) is 0 Å². The van der Waals surface area contributed by atoms with Gasteiger partial charge in [-0.2, -0.15) is 17.5 Å². The second kappa shape index (κ2) is 5.67. The molecule has 102 valence electrons. The minimum Gasteiger partial charge on any atom is -0.480 e. The Balaban J connectivity index is 4.97. The number of alkyl halides is 3. The number of aliphatic carboxylic acids is 1. The van der Waals surface area contributed by atoms with Gasteiger partial charge in [-0.15, -0.1) is 0 Å². The third-order valence-corrected chi connectivity index (χ3v) is 3.30. The molecule has 0 unspecified atom stereocenters. The van der Waals surface area contributed by atoms with Gasteiger partial charge in [-0.1, -0.05) is 13.8 Å². The largest absolute Gasteiger partial charge is 0.480 e. The second-order valence-electron chi connectivity index (χ2n) is 3.95. The number of hydrogen-bond acceptors (Lipinski definition) is 3. The number of nitrogens with zero attached hydrogens (tertiary/aromatic N) is 1. The third-order valence-electron chi connectivity index (χ3n) is 1.62. The topological polar surface area (TPSA) is 74.7 Å². The number of sulfonamides is 1. The lowest BCUT2D eigenvalue weighted by Gasteiger charge is -2.24. The Labute approximate surface area is 97.3 Å². The van der Waals surface area contributed by atoms with Crippen LogP contribution in [0.15, 0.2) is 0 Å². The van der Waals surface area contributed by atoms with Crippen molar-refractivity contribution in [2.75, 3.05) is 18.8 Å². The van der Waals surface area contributed by atoms with Gasteiger partial charge in [0.05, 0.1) is 0 Å². The lowest BCUT2D eigenvalue weighted by molar-refractivity contribution is -0.138. The van der Waals surface area contributed by atoms with Gasteiger partial charge in [0.2, 0.25) is 10.0 Å². The summed E-state index contributed by atoms with van der Waals surface area (Å²) in [7, 11) is -4.44. The molecule has 0 aliphatic carbocycles. The van der Waals surface area contributed by atoms with E-state index in [1.165, 1.54) is 0 Å². The number of carbonyl (C=O) groups is 1. The fourth-order valence-electron chi connectivity index (χ4n) is 1.13. The van der Waals surface area contributed by atoms with Gasteiger partial charge in [0, 0.05) is 6.54 Å². The average molecular weight is 277 g/mol. The van der Waals surface area contributed by atoms with Gasteiger partial charge >= 0.3 is 12.1 Å². The average Bonchev–Trinajstić information content (AvgIpc) is 1.96. The van der Waals surface area contributed by atoms with E-state index >= 15 is 0 Å². The van der Waals surface area contributed by atoms with Crippen LogP contribution in [0, 0.1) is 5.92 Å². The summed E-state index contributed by atoms with van der Waals surface area (Å²) >= 11 is 0. The van der Waals surface area contributed by atoms with Crippen LogP contribution in [0.3, 0.4) is 0 Å². The molecule has 0 fully saturated rings. The second-order valence-corrected chi connectivity index (χ2v) is 5.92. The molecule has 0 heterocycles. The van der Waals surface area contributed by atoms with E-state index < -0.39 is 34.5 Å². The molecule has 0 aromatic heterocycles. The van der Waals surface area contributed by atoms with Gasteiger partial charge in [-0.3, -0.25) is 4.79 Å². The monoisotopic (exact) mass is 277 g/mol. The van der Waals surface area contributed by atoms with Gasteiger partial charge in [0.25, 0.3) is 0 Å². The summed E-state index contributed by atoms with van der Waals surface area (Å²) in [6.07, 6.45) is -4.69. The maximum atomic E-state index is 12.2. The van der Waals surface area contributed by atoms with E-state index in [0.29, 0.717) is 0 Å². The summed E-state index contributed by atoms with van der Waals surface area (Å²) in [5.74, 6) is -3.35. The molecule has 0 atom stereocenters. The number of hydrogen-bond donors (Lipinski definition) is 1. The Hall–Kier alpha value is -0.830. The Morgan fingerprint density at radius 3 is 2.12 bits per heavy atom. The van der Waals surface area contributed by atoms with Crippen LogP contribution in [0.4, 0.5) is 13.2 Å². The molecule has 0 aromatic carbocycles. The van der Waals surface area contributed by atoms with Crippen molar-refractivity contribution in [3.8, 4) is 0 Å². The van der Waals surface area contributed by atoms with E-state index in [0.717, 1.165) is 0 Å². The van der Waals surface area contributed by atoms with Crippen molar-refractivity contribution >= 4 is 16.0 Å². The smallest absolute Gasteiger partial charge is 0.402 e. The summed E-state index contributed by atoms with van der Waals surface area (Å²) in [5.41, 5.74) is 0. The molecule has 1 N–H and O–H groups in total. The number of halogens is 3. The van der Waals surface area contributed by atoms with Gasteiger partial charge in [0.1, 0.15) is 6.54 Å². The first-order chi connectivity index (χ1) is 7.44. The fourth-order valence-corrected chi connectivity index (χ4v) is 2.49. The molecule has 5 nitrogen and oxygen atoms in total. The Kier molecular flexibility index (Phi) is 5.40. The normalized spacial score (nSPS) is 13.4. The summed E-state index contributed by atoms with van der Waals surface area (Å²) in [6.45, 7) is 1.05. The number of carboxylic acids is 1. The maximum Gasteiger partial charge on any atom is 0.402 e. The first-order valence-electron chi connectivity index (χ1n) is 4.70. The highest BCUT2D eigenvalue weighted by Crippen LogP contribution is 2.19. The minimum atomic E-state index is -4.69. The van der Waals surface area contributed by atoms with Crippen molar-refractivity contribution in [3.63, 3.8) is 0 Å². The quantitative estimate of drug-likeness (QED) is 0.783. The molecule has 0 saturated carbocycles. The predicted octanol–water partition coefficient (Wildman–Crippen LogP) is 0.921. The number of carboxylic acid groups (broad SMARTS) is 1. The van der Waals surface area contributed by atoms with Crippen LogP contribution in [0.1, 0.15) is 13.8 Å². The highest BCUT2D eigenvalue weighted by Gasteiger charge is 2.37. The van der Waals surface area contributed by atoms with Gasteiger partial charge in [-0.05, 0) is 5.92 Å². The fraction of sp³-hybridized carbons (Fsp3) is 0.875. The molecule has 0 rings (SSSR count). The van der Waals surface area contributed by atoms with E-state index in [4.69, 9.17) is 5.11 Å². The summed E-state index contributed by atoms with van der Waals surface area (Å²) in [6, 6.07) is 0. The SMILES string of the molecule is CC(C)CN(CC(F)(F)F)S(=O)(=O)CC(=O)O. The van der Waals surface area contributed by atoms with Crippen molar-refractivity contribution in [3.05, 3.63) is 0 Å². The van der Waals surface area contributed by atoms with Crippen LogP contribution in [-0.4, -0.2) is 48.8 Å². The predicted molar refractivity (Wildman–Crippen MR) is 53.9 cm³/mol. The van der Waals surface area contributed by atoms with E-state index in [1.54, 1.807) is 13.8 Å². The Bertz CT molecular complexity index is 363. The molecule has 0 bridgehead atoms. The molecule has 0 aromatic rings. The highest BCUT2D eigenvalue weighted by molar-refractivity contribution is 7.89. The molecular formula is C8H14F3NO4S. The van der Waals surface area contributed by atoms with Crippen molar-refractivity contribution in [2.24, 2.45) is 5.92 Å². The zero-order valence-electron chi connectivity index (χ0n) is 9.36. The summed E-state index contributed by atoms with van der Waals surface area (Å²) in [4.78, 5) is 10.3. The summed E-state index contributed by atoms with van der Waals surface area (Å²) < 4.78 is 59.5. The van der Waals surface area contributed by atoms with Gasteiger partial charge in [-0.25, -0.2) is 8.42 Å². The lowest BCUT2D eigenvalue weighted by Crippen LogP contribution is -2.43. The molecule has 0 aliphatic heterocycles. The van der Waals surface area contributed by atoms with E-state index in [2.05, 4.69) is 0 Å². The first kappa shape index (κ1) is 16.2. The molecule has 0 spiro atoms. The zero-order valence-corrected chi connectivity index (χ0v) is 10.2. The van der Waals surface area contributed by atoms with Crippen LogP contribution in [-0.2, 0) is 14.8 Å². The first-order valence-corrected chi connectivity index (χ1v) is 6.31. The number of rotatable bonds is 6. The molecule has 17 heavy (non-hydrogen) atoms. The Morgan fingerprint density at radius 2 is 1.82 bits per heavy atom. The van der Waals surface area contributed by atoms with E-state index in [-0.39, 0.29) is 16.8 Å². The van der Waals surface area contributed by atoms with Gasteiger partial charge in [0.15, 0.2) is 5.75 Å². The standard InChI is InChI=1S/C8H14F3NO4S/c1-6(2)3-12(5-8(9,10)11)17(15,16)4-7(13)14/h6H,3-5H2,1-2H3,(H,13,14). The van der Waals surface area contributed by atoms with Gasteiger partial charge < -0.3 is 5.11 Å². The maximum absolute atomic E-state index is 12.2. The Morgan fingerprint density at radius 1 is 1.35 bits per heavy atom. The van der Waals surface area contributed by atoms with Crippen molar-refractivity contribution < 1.29 is 31.5 Å². The lowest BCUT2D eigenvalue weighted by atomic mass is 10.2. The highest BCUT2D eigenvalue weighted by atomic mass is 32.2. The molecule has 0 aliphatic rings. The molecule has 0 saturated heterocycles. The third kappa shape index (κ3) is 7.16. The zero-order chi connectivity index (χ0) is 13.9. The molecule has 0 amide bonds. The van der Waals surface area contributed by atoms with E-state index in [1.807, 2.05) is 0 Å². The summed E-state index contributed by atoms with van der Waals surface area (Å²) in [5, 5.41) is 8.34. The van der Waals surface area contributed by atoms with Crippen LogP contribution in [0.2, 0.25) is 0 Å². The van der Waals surface area contributed by atoms with E-state index in [9.17, 15) is 26.4 Å². The minimum absolute atomic E-state index is 0.159. The van der Waals surface area contributed by atoms with Crippen LogP contribution >= 0.6 is 0 Å². The van der Waals surface area contributed by atoms with Crippen molar-refractivity contribution in [1.82, 2.24) is 4.31 Å². The molecule has 9 heteroatoms. The molecule has 0 radical (unpaired) electrons. The van der Waals surface area contributed by atoms with Crippen molar-refractivity contribution in [2.45, 2.75) is 20.0 Å². The van der Waals surface area contributed by atoms with Crippen LogP contribution in [0.25, 0.3) is 0 Å². The molecular weight excluding hydrogens is 263 g/mol.